The molecule has 122 valence electrons. The number of carboxylic acid groups (broad SMARTS) is 1. The molecule has 0 spiro atoms. The third kappa shape index (κ3) is 6.38. The fourth-order valence-electron chi connectivity index (χ4n) is 1.71. The second kappa shape index (κ2) is 8.81. The van der Waals surface area contributed by atoms with Crippen LogP contribution in [-0.2, 0) is 9.59 Å². The van der Waals surface area contributed by atoms with Crippen molar-refractivity contribution in [2.45, 2.75) is 32.3 Å². The van der Waals surface area contributed by atoms with Crippen molar-refractivity contribution in [2.24, 2.45) is 0 Å². The molecule has 0 aliphatic carbocycles. The van der Waals surface area contributed by atoms with Crippen molar-refractivity contribution in [1.29, 1.82) is 0 Å². The molecule has 22 heavy (non-hydrogen) atoms. The summed E-state index contributed by atoms with van der Waals surface area (Å²) in [5.41, 5.74) is 0.0721. The minimum Gasteiger partial charge on any atom is -0.497 e. The smallest absolute Gasteiger partial charge is 0.387 e. The number of nitrogens with one attached hydrogen (secondary N) is 1. The first-order valence-electron chi connectivity index (χ1n) is 6.57. The van der Waals surface area contributed by atoms with Crippen molar-refractivity contribution in [2.75, 3.05) is 12.4 Å². The number of unbranched alkanes of at least 4 members (excludes halogenated alkanes) is 1. The summed E-state index contributed by atoms with van der Waals surface area (Å²) in [6.45, 7) is -3.01. The van der Waals surface area contributed by atoms with E-state index >= 15 is 0 Å². The molecule has 1 aromatic rings. The number of alkyl halides is 2. The van der Waals surface area contributed by atoms with Crippen LogP contribution < -0.4 is 14.8 Å². The molecule has 0 atom stereocenters. The second-order valence-electron chi connectivity index (χ2n) is 4.39. The van der Waals surface area contributed by atoms with Crippen molar-refractivity contribution in [3.05, 3.63) is 18.2 Å². The number of amides is 1. The molecular weight excluding hydrogens is 300 g/mol. The zero-order valence-corrected chi connectivity index (χ0v) is 12.0. The summed E-state index contributed by atoms with van der Waals surface area (Å²) >= 11 is 0. The molecule has 8 heteroatoms. The van der Waals surface area contributed by atoms with Gasteiger partial charge in [0.2, 0.25) is 5.91 Å². The number of carbonyl (C=O) groups is 2. The van der Waals surface area contributed by atoms with Gasteiger partial charge in [-0.25, -0.2) is 0 Å². The van der Waals surface area contributed by atoms with Crippen LogP contribution in [0.25, 0.3) is 0 Å². The van der Waals surface area contributed by atoms with E-state index in [1.165, 1.54) is 25.3 Å². The lowest BCUT2D eigenvalue weighted by Crippen LogP contribution is -2.13. The van der Waals surface area contributed by atoms with Crippen molar-refractivity contribution in [3.8, 4) is 11.5 Å². The van der Waals surface area contributed by atoms with Gasteiger partial charge in [0.15, 0.2) is 0 Å². The molecule has 1 amide bonds. The summed E-state index contributed by atoms with van der Waals surface area (Å²) in [7, 11) is 1.40. The largest absolute Gasteiger partial charge is 0.497 e. The molecule has 0 heterocycles. The normalized spacial score (nSPS) is 10.4. The van der Waals surface area contributed by atoms with Crippen LogP contribution in [0.1, 0.15) is 25.7 Å². The number of benzene rings is 1. The lowest BCUT2D eigenvalue weighted by molar-refractivity contribution is -0.137. The van der Waals surface area contributed by atoms with Gasteiger partial charge in [-0.1, -0.05) is 0 Å². The molecule has 0 aliphatic rings. The lowest BCUT2D eigenvalue weighted by Gasteiger charge is -2.13. The first kappa shape index (κ1) is 17.7. The fraction of sp³-hybridized carbons (Fsp3) is 0.429. The highest BCUT2D eigenvalue weighted by molar-refractivity contribution is 5.92. The van der Waals surface area contributed by atoms with Crippen molar-refractivity contribution in [1.82, 2.24) is 0 Å². The molecular formula is C14H17F2NO5. The van der Waals surface area contributed by atoms with E-state index in [-0.39, 0.29) is 24.3 Å². The number of hydrogen-bond acceptors (Lipinski definition) is 4. The minimum absolute atomic E-state index is 0.0216. The van der Waals surface area contributed by atoms with Gasteiger partial charge in [0, 0.05) is 18.9 Å². The fourth-order valence-corrected chi connectivity index (χ4v) is 1.71. The van der Waals surface area contributed by atoms with Gasteiger partial charge in [-0.2, -0.15) is 8.78 Å². The first-order chi connectivity index (χ1) is 10.4. The van der Waals surface area contributed by atoms with Crippen LogP contribution in [0.2, 0.25) is 0 Å². The van der Waals surface area contributed by atoms with Gasteiger partial charge in [0.05, 0.1) is 12.8 Å². The summed E-state index contributed by atoms with van der Waals surface area (Å²) in [6, 6.07) is 4.07. The van der Waals surface area contributed by atoms with E-state index in [0.29, 0.717) is 18.6 Å². The number of hydrogen-bond donors (Lipinski definition) is 2. The van der Waals surface area contributed by atoms with E-state index in [1.54, 1.807) is 0 Å². The van der Waals surface area contributed by atoms with Gasteiger partial charge in [-0.05, 0) is 25.0 Å². The maximum absolute atomic E-state index is 12.3. The number of halogens is 2. The molecule has 2 N–H and O–H groups in total. The van der Waals surface area contributed by atoms with Crippen LogP contribution >= 0.6 is 0 Å². The van der Waals surface area contributed by atoms with E-state index in [0.717, 1.165) is 0 Å². The minimum atomic E-state index is -3.01. The molecule has 0 unspecified atom stereocenters. The Balaban J connectivity index is 2.64. The topological polar surface area (TPSA) is 84.9 Å². The Kier molecular flexibility index (Phi) is 7.07. The Morgan fingerprint density at radius 2 is 1.95 bits per heavy atom. The Bertz CT molecular complexity index is 522. The Hall–Kier alpha value is -2.38. The molecule has 0 aliphatic heterocycles. The van der Waals surface area contributed by atoms with Gasteiger partial charge in [-0.15, -0.1) is 0 Å². The Morgan fingerprint density at radius 3 is 2.55 bits per heavy atom. The average molecular weight is 317 g/mol. The van der Waals surface area contributed by atoms with Crippen LogP contribution in [0.3, 0.4) is 0 Å². The molecule has 0 saturated heterocycles. The highest BCUT2D eigenvalue weighted by Gasteiger charge is 2.13. The molecule has 0 bridgehead atoms. The predicted molar refractivity (Wildman–Crippen MR) is 74.4 cm³/mol. The SMILES string of the molecule is COc1ccc(OC(F)F)c(NC(=O)CCCCC(=O)O)c1. The van der Waals surface area contributed by atoms with Gasteiger partial charge in [-0.3, -0.25) is 9.59 Å². The van der Waals surface area contributed by atoms with Crippen LogP contribution in [-0.4, -0.2) is 30.7 Å². The van der Waals surface area contributed by atoms with E-state index in [2.05, 4.69) is 10.1 Å². The third-order valence-electron chi connectivity index (χ3n) is 2.72. The molecule has 0 saturated carbocycles. The van der Waals surface area contributed by atoms with Crippen molar-refractivity contribution in [3.63, 3.8) is 0 Å². The number of aliphatic carboxylic acids is 1. The first-order valence-corrected chi connectivity index (χ1v) is 6.57. The predicted octanol–water partition coefficient (Wildman–Crippen LogP) is 2.88. The maximum Gasteiger partial charge on any atom is 0.387 e. The van der Waals surface area contributed by atoms with Crippen LogP contribution in [0.5, 0.6) is 11.5 Å². The van der Waals surface area contributed by atoms with E-state index in [9.17, 15) is 18.4 Å². The highest BCUT2D eigenvalue weighted by Crippen LogP contribution is 2.30. The molecule has 0 aromatic heterocycles. The quantitative estimate of drug-likeness (QED) is 0.684. The summed E-state index contributed by atoms with van der Waals surface area (Å²) in [5, 5.41) is 10.9. The van der Waals surface area contributed by atoms with Gasteiger partial charge >= 0.3 is 12.6 Å². The Morgan fingerprint density at radius 1 is 1.27 bits per heavy atom. The summed E-state index contributed by atoms with van der Waals surface area (Å²) < 4.78 is 33.9. The number of ether oxygens (including phenoxy) is 2. The van der Waals surface area contributed by atoms with Crippen LogP contribution in [0.15, 0.2) is 18.2 Å². The van der Waals surface area contributed by atoms with Crippen molar-refractivity contribution < 1.29 is 33.0 Å². The maximum atomic E-state index is 12.3. The molecule has 0 fully saturated rings. The number of methoxy groups -OCH3 is 1. The number of carbonyl (C=O) groups excluding carboxylic acids is 1. The zero-order chi connectivity index (χ0) is 16.5. The van der Waals surface area contributed by atoms with E-state index in [4.69, 9.17) is 9.84 Å². The summed E-state index contributed by atoms with van der Waals surface area (Å²) in [4.78, 5) is 22.1. The zero-order valence-electron chi connectivity index (χ0n) is 12.0. The van der Waals surface area contributed by atoms with Crippen molar-refractivity contribution >= 4 is 17.6 Å². The van der Waals surface area contributed by atoms with E-state index < -0.39 is 18.5 Å². The average Bonchev–Trinajstić information content (AvgIpc) is 2.44. The lowest BCUT2D eigenvalue weighted by atomic mass is 10.2. The molecule has 1 aromatic carbocycles. The van der Waals surface area contributed by atoms with E-state index in [1.807, 2.05) is 0 Å². The summed E-state index contributed by atoms with van der Waals surface area (Å²) in [6.07, 6.45) is 0.805. The Labute approximate surface area is 126 Å². The van der Waals surface area contributed by atoms with Crippen LogP contribution in [0, 0.1) is 0 Å². The van der Waals surface area contributed by atoms with Gasteiger partial charge < -0.3 is 19.9 Å². The number of rotatable bonds is 9. The van der Waals surface area contributed by atoms with Gasteiger partial charge in [0.1, 0.15) is 11.5 Å². The summed E-state index contributed by atoms with van der Waals surface area (Å²) in [5.74, 6) is -1.14. The van der Waals surface area contributed by atoms with Gasteiger partial charge in [0.25, 0.3) is 0 Å². The second-order valence-corrected chi connectivity index (χ2v) is 4.39. The number of carboxylic acids is 1. The molecule has 1 rings (SSSR count). The molecule has 6 nitrogen and oxygen atoms in total. The van der Waals surface area contributed by atoms with Crippen LogP contribution in [0.4, 0.5) is 14.5 Å². The monoisotopic (exact) mass is 317 g/mol. The standard InChI is InChI=1S/C14H17F2NO5/c1-21-9-6-7-11(22-14(15)16)10(8-9)17-12(18)4-2-3-5-13(19)20/h6-8,14H,2-5H2,1H3,(H,17,18)(H,19,20). The third-order valence-corrected chi connectivity index (χ3v) is 2.72. The molecule has 0 radical (unpaired) electrons. The number of anilines is 1. The highest BCUT2D eigenvalue weighted by atomic mass is 19.3.